The molecule has 0 aromatic heterocycles. The molecule has 0 aliphatic rings. The van der Waals surface area contributed by atoms with E-state index in [4.69, 9.17) is 0 Å². The van der Waals surface area contributed by atoms with Gasteiger partial charge in [-0.2, -0.15) is 0 Å². The molecular weight excluding hydrogens is 174 g/mol. The number of rotatable bonds is 4. The number of hydrogen-bond donors (Lipinski definition) is 1. The Bertz CT molecular complexity index is 331. The van der Waals surface area contributed by atoms with Gasteiger partial charge in [-0.05, 0) is 11.1 Å². The summed E-state index contributed by atoms with van der Waals surface area (Å²) in [6.07, 6.45) is 2.32. The highest BCUT2D eigenvalue weighted by molar-refractivity contribution is 5.75. The number of carbonyl (C=O) groups is 1. The molecule has 2 nitrogen and oxygen atoms in total. The summed E-state index contributed by atoms with van der Waals surface area (Å²) in [5.41, 5.74) is 2.17. The van der Waals surface area contributed by atoms with E-state index in [1.54, 1.807) is 6.08 Å². The van der Waals surface area contributed by atoms with Gasteiger partial charge in [0.05, 0.1) is 0 Å². The Balaban J connectivity index is 2.66. The molecule has 0 spiro atoms. The molecule has 0 saturated carbocycles. The van der Waals surface area contributed by atoms with Crippen molar-refractivity contribution in [3.8, 4) is 0 Å². The van der Waals surface area contributed by atoms with Crippen molar-refractivity contribution in [2.75, 3.05) is 0 Å². The molecule has 1 N–H and O–H groups in total. The third-order valence-corrected chi connectivity index (χ3v) is 2.07. The van der Waals surface area contributed by atoms with Gasteiger partial charge in [0.15, 0.2) is 0 Å². The van der Waals surface area contributed by atoms with Gasteiger partial charge in [0, 0.05) is 13.0 Å². The summed E-state index contributed by atoms with van der Waals surface area (Å²) in [6.45, 7) is 6.15. The Labute approximate surface area is 84.6 Å². The molecule has 0 radical (unpaired) electrons. The number of nitrogens with one attached hydrogen (secondary N) is 1. The largest absolute Gasteiger partial charge is 0.352 e. The molecule has 74 valence electrons. The van der Waals surface area contributed by atoms with Crippen molar-refractivity contribution in [3.05, 3.63) is 42.0 Å². The summed E-state index contributed by atoms with van der Waals surface area (Å²) >= 11 is 0. The minimum absolute atomic E-state index is 0.0730. The molecule has 0 fully saturated rings. The van der Waals surface area contributed by atoms with Crippen LogP contribution in [0.15, 0.2) is 30.8 Å². The molecule has 1 amide bonds. The van der Waals surface area contributed by atoms with Crippen LogP contribution in [-0.4, -0.2) is 5.91 Å². The molecule has 0 atom stereocenters. The fraction of sp³-hybridized carbons (Fsp3) is 0.250. The molecule has 14 heavy (non-hydrogen) atoms. The van der Waals surface area contributed by atoms with Gasteiger partial charge in [0.2, 0.25) is 5.91 Å². The van der Waals surface area contributed by atoms with Crippen LogP contribution >= 0.6 is 0 Å². The zero-order valence-corrected chi connectivity index (χ0v) is 8.42. The Morgan fingerprint density at radius 3 is 2.86 bits per heavy atom. The van der Waals surface area contributed by atoms with Crippen LogP contribution in [0.3, 0.4) is 0 Å². The van der Waals surface area contributed by atoms with Crippen molar-refractivity contribution >= 4 is 12.0 Å². The lowest BCUT2D eigenvalue weighted by molar-refractivity contribution is -0.120. The number of benzene rings is 1. The molecule has 0 heterocycles. The fourth-order valence-corrected chi connectivity index (χ4v) is 1.21. The second kappa shape index (κ2) is 5.22. The van der Waals surface area contributed by atoms with Crippen LogP contribution in [0.5, 0.6) is 0 Å². The SMILES string of the molecule is C=Cc1ccccc1CNC(=O)CC. The van der Waals surface area contributed by atoms with Crippen LogP contribution in [0.2, 0.25) is 0 Å². The van der Waals surface area contributed by atoms with Crippen LogP contribution in [0, 0.1) is 0 Å². The van der Waals surface area contributed by atoms with E-state index < -0.39 is 0 Å². The maximum Gasteiger partial charge on any atom is 0.219 e. The second-order valence-corrected chi connectivity index (χ2v) is 3.03. The van der Waals surface area contributed by atoms with E-state index in [1.807, 2.05) is 31.2 Å². The molecule has 0 aliphatic heterocycles. The zero-order valence-electron chi connectivity index (χ0n) is 8.42. The fourth-order valence-electron chi connectivity index (χ4n) is 1.21. The highest BCUT2D eigenvalue weighted by atomic mass is 16.1. The van der Waals surface area contributed by atoms with Gasteiger partial charge in [-0.15, -0.1) is 0 Å². The first-order chi connectivity index (χ1) is 6.77. The molecule has 0 bridgehead atoms. The van der Waals surface area contributed by atoms with Crippen molar-refractivity contribution in [1.29, 1.82) is 0 Å². The monoisotopic (exact) mass is 189 g/mol. The van der Waals surface area contributed by atoms with E-state index in [-0.39, 0.29) is 5.91 Å². The van der Waals surface area contributed by atoms with Crippen molar-refractivity contribution in [3.63, 3.8) is 0 Å². The Morgan fingerprint density at radius 2 is 2.21 bits per heavy atom. The third kappa shape index (κ3) is 2.73. The molecule has 1 rings (SSSR count). The van der Waals surface area contributed by atoms with E-state index in [0.717, 1.165) is 11.1 Å². The first-order valence-electron chi connectivity index (χ1n) is 4.75. The topological polar surface area (TPSA) is 29.1 Å². The standard InChI is InChI=1S/C12H15NO/c1-3-10-7-5-6-8-11(10)9-13-12(14)4-2/h3,5-8H,1,4,9H2,2H3,(H,13,14). The Morgan fingerprint density at radius 1 is 1.50 bits per heavy atom. The summed E-state index contributed by atoms with van der Waals surface area (Å²) in [6, 6.07) is 7.90. The maximum absolute atomic E-state index is 11.0. The van der Waals surface area contributed by atoms with Crippen molar-refractivity contribution < 1.29 is 4.79 Å². The lowest BCUT2D eigenvalue weighted by Crippen LogP contribution is -2.21. The van der Waals surface area contributed by atoms with Gasteiger partial charge in [-0.3, -0.25) is 4.79 Å². The smallest absolute Gasteiger partial charge is 0.219 e. The molecule has 2 heteroatoms. The first kappa shape index (κ1) is 10.5. The highest BCUT2D eigenvalue weighted by Crippen LogP contribution is 2.09. The van der Waals surface area contributed by atoms with E-state index in [9.17, 15) is 4.79 Å². The average molecular weight is 189 g/mol. The summed E-state index contributed by atoms with van der Waals surface area (Å²) < 4.78 is 0. The third-order valence-electron chi connectivity index (χ3n) is 2.07. The highest BCUT2D eigenvalue weighted by Gasteiger charge is 2.00. The van der Waals surface area contributed by atoms with Crippen molar-refractivity contribution in [1.82, 2.24) is 5.32 Å². The lowest BCUT2D eigenvalue weighted by Gasteiger charge is -2.06. The minimum Gasteiger partial charge on any atom is -0.352 e. The Kier molecular flexibility index (Phi) is 3.92. The van der Waals surface area contributed by atoms with Gasteiger partial charge in [0.1, 0.15) is 0 Å². The van der Waals surface area contributed by atoms with Crippen LogP contribution < -0.4 is 5.32 Å². The quantitative estimate of drug-likeness (QED) is 0.774. The summed E-state index contributed by atoms with van der Waals surface area (Å²) in [4.78, 5) is 11.0. The number of amides is 1. The van der Waals surface area contributed by atoms with Crippen LogP contribution in [0.25, 0.3) is 6.08 Å². The van der Waals surface area contributed by atoms with Gasteiger partial charge < -0.3 is 5.32 Å². The summed E-state index contributed by atoms with van der Waals surface area (Å²) in [5.74, 6) is 0.0730. The maximum atomic E-state index is 11.0. The Hall–Kier alpha value is -1.57. The molecule has 1 aromatic carbocycles. The van der Waals surface area contributed by atoms with E-state index in [1.165, 1.54) is 0 Å². The van der Waals surface area contributed by atoms with E-state index in [2.05, 4.69) is 11.9 Å². The minimum atomic E-state index is 0.0730. The molecule has 0 saturated heterocycles. The second-order valence-electron chi connectivity index (χ2n) is 3.03. The van der Waals surface area contributed by atoms with Crippen LogP contribution in [0.4, 0.5) is 0 Å². The van der Waals surface area contributed by atoms with Gasteiger partial charge in [-0.1, -0.05) is 43.8 Å². The van der Waals surface area contributed by atoms with Crippen LogP contribution in [0.1, 0.15) is 24.5 Å². The summed E-state index contributed by atoms with van der Waals surface area (Å²) in [5, 5.41) is 2.84. The van der Waals surface area contributed by atoms with Gasteiger partial charge >= 0.3 is 0 Å². The van der Waals surface area contributed by atoms with Crippen LogP contribution in [-0.2, 0) is 11.3 Å². The predicted octanol–water partition coefficient (Wildman–Crippen LogP) is 2.36. The number of hydrogen-bond acceptors (Lipinski definition) is 1. The van der Waals surface area contributed by atoms with E-state index >= 15 is 0 Å². The number of carbonyl (C=O) groups excluding carboxylic acids is 1. The van der Waals surface area contributed by atoms with E-state index in [0.29, 0.717) is 13.0 Å². The average Bonchev–Trinajstić information content (AvgIpc) is 2.26. The van der Waals surface area contributed by atoms with Gasteiger partial charge in [-0.25, -0.2) is 0 Å². The normalized spacial score (nSPS) is 9.50. The van der Waals surface area contributed by atoms with Crippen molar-refractivity contribution in [2.45, 2.75) is 19.9 Å². The molecule has 1 aromatic rings. The lowest BCUT2D eigenvalue weighted by atomic mass is 10.1. The first-order valence-corrected chi connectivity index (χ1v) is 4.75. The molecular formula is C12H15NO. The zero-order chi connectivity index (χ0) is 10.4. The van der Waals surface area contributed by atoms with Crippen molar-refractivity contribution in [2.24, 2.45) is 0 Å². The predicted molar refractivity (Wildman–Crippen MR) is 58.7 cm³/mol. The summed E-state index contributed by atoms with van der Waals surface area (Å²) in [7, 11) is 0. The molecule has 0 aliphatic carbocycles. The molecule has 0 unspecified atom stereocenters. The van der Waals surface area contributed by atoms with Gasteiger partial charge in [0.25, 0.3) is 0 Å².